The van der Waals surface area contributed by atoms with Gasteiger partial charge in [-0.25, -0.2) is 13.5 Å². The van der Waals surface area contributed by atoms with E-state index in [-0.39, 0.29) is 6.61 Å². The molecule has 79 valence electrons. The van der Waals surface area contributed by atoms with Crippen molar-refractivity contribution in [2.45, 2.75) is 39.0 Å². The van der Waals surface area contributed by atoms with E-state index in [1.54, 1.807) is 0 Å². The molecule has 0 bridgehead atoms. The molecule has 0 N–H and O–H groups in total. The van der Waals surface area contributed by atoms with Crippen LogP contribution in [0.4, 0.5) is 0 Å². The summed E-state index contributed by atoms with van der Waals surface area (Å²) in [6.07, 6.45) is 3.81. The number of hydrogen-bond acceptors (Lipinski definition) is 2. The number of hydrogen-bond donors (Lipinski definition) is 0. The van der Waals surface area contributed by atoms with Crippen LogP contribution >= 0.6 is 0 Å². The van der Waals surface area contributed by atoms with Gasteiger partial charge in [0.1, 0.15) is 9.84 Å². The normalized spacial score (nSPS) is 11.8. The standard InChI is InChI=1S/C9H19O3S/c1-2-8-13(11,12)9-6-4-3-5-7-10/h2-9H2,1H3. The second-order valence-corrected chi connectivity index (χ2v) is 5.57. The summed E-state index contributed by atoms with van der Waals surface area (Å²) in [5, 5.41) is 10.1. The van der Waals surface area contributed by atoms with E-state index in [9.17, 15) is 13.5 Å². The molecule has 0 heterocycles. The summed E-state index contributed by atoms with van der Waals surface area (Å²) in [6.45, 7) is 1.83. The predicted molar refractivity (Wildman–Crippen MR) is 53.0 cm³/mol. The largest absolute Gasteiger partial charge is 0.237 e. The van der Waals surface area contributed by atoms with Crippen molar-refractivity contribution in [3.8, 4) is 0 Å². The summed E-state index contributed by atoms with van der Waals surface area (Å²) in [5.74, 6) is 0.592. The molecule has 0 amide bonds. The predicted octanol–water partition coefficient (Wildman–Crippen LogP) is 1.80. The monoisotopic (exact) mass is 207 g/mol. The quantitative estimate of drug-likeness (QED) is 0.570. The van der Waals surface area contributed by atoms with Gasteiger partial charge in [-0.2, -0.15) is 0 Å². The van der Waals surface area contributed by atoms with Gasteiger partial charge in [-0.05, 0) is 19.3 Å². The molecule has 4 heteroatoms. The molecule has 1 radical (unpaired) electrons. The van der Waals surface area contributed by atoms with E-state index in [2.05, 4.69) is 0 Å². The van der Waals surface area contributed by atoms with Crippen molar-refractivity contribution in [1.29, 1.82) is 0 Å². The van der Waals surface area contributed by atoms with Gasteiger partial charge in [0.15, 0.2) is 0 Å². The average Bonchev–Trinajstić information content (AvgIpc) is 2.04. The molecular formula is C9H19O3S. The number of sulfone groups is 1. The molecule has 0 spiro atoms. The van der Waals surface area contributed by atoms with Gasteiger partial charge >= 0.3 is 0 Å². The zero-order chi connectivity index (χ0) is 10.2. The minimum absolute atomic E-state index is 0.0400. The van der Waals surface area contributed by atoms with Gasteiger partial charge < -0.3 is 0 Å². The third-order valence-corrected chi connectivity index (χ3v) is 3.81. The SMILES string of the molecule is CCCS(=O)(=O)CCCCCC[O]. The Morgan fingerprint density at radius 1 is 0.923 bits per heavy atom. The van der Waals surface area contributed by atoms with Crippen molar-refractivity contribution >= 4 is 9.84 Å². The molecular weight excluding hydrogens is 188 g/mol. The highest BCUT2D eigenvalue weighted by Crippen LogP contribution is 2.03. The lowest BCUT2D eigenvalue weighted by molar-refractivity contribution is 0.186. The third kappa shape index (κ3) is 8.25. The molecule has 0 rings (SSSR count). The Morgan fingerprint density at radius 3 is 2.08 bits per heavy atom. The second-order valence-electron chi connectivity index (χ2n) is 3.27. The molecule has 0 aromatic carbocycles. The van der Waals surface area contributed by atoms with Gasteiger partial charge in [0.05, 0.1) is 12.4 Å². The first-order valence-electron chi connectivity index (χ1n) is 4.91. The van der Waals surface area contributed by atoms with Gasteiger partial charge in [0, 0.05) is 5.75 Å². The first kappa shape index (κ1) is 12.9. The summed E-state index contributed by atoms with van der Waals surface area (Å²) in [5.41, 5.74) is 0. The van der Waals surface area contributed by atoms with E-state index < -0.39 is 9.84 Å². The second kappa shape index (κ2) is 7.33. The summed E-state index contributed by atoms with van der Waals surface area (Å²) in [4.78, 5) is 0. The van der Waals surface area contributed by atoms with E-state index in [0.717, 1.165) is 12.8 Å². The number of rotatable bonds is 8. The van der Waals surface area contributed by atoms with Crippen LogP contribution in [0, 0.1) is 0 Å². The first-order chi connectivity index (χ1) is 6.12. The van der Waals surface area contributed by atoms with E-state index >= 15 is 0 Å². The molecule has 0 aromatic rings. The smallest absolute Gasteiger partial charge is 0.150 e. The maximum atomic E-state index is 11.2. The van der Waals surface area contributed by atoms with Crippen molar-refractivity contribution in [3.05, 3.63) is 0 Å². The number of unbranched alkanes of at least 4 members (excludes halogenated alkanes) is 3. The Bertz CT molecular complexity index is 197. The van der Waals surface area contributed by atoms with Crippen molar-refractivity contribution in [2.24, 2.45) is 0 Å². The lowest BCUT2D eigenvalue weighted by atomic mass is 10.2. The van der Waals surface area contributed by atoms with Crippen molar-refractivity contribution in [3.63, 3.8) is 0 Å². The Kier molecular flexibility index (Phi) is 7.28. The van der Waals surface area contributed by atoms with Gasteiger partial charge in [-0.15, -0.1) is 0 Å². The Hall–Kier alpha value is -0.0900. The lowest BCUT2D eigenvalue weighted by Crippen LogP contribution is -2.10. The lowest BCUT2D eigenvalue weighted by Gasteiger charge is -2.01. The van der Waals surface area contributed by atoms with Gasteiger partial charge in [0.2, 0.25) is 0 Å². The molecule has 0 atom stereocenters. The molecule has 0 unspecified atom stereocenters. The van der Waals surface area contributed by atoms with Crippen molar-refractivity contribution in [1.82, 2.24) is 0 Å². The zero-order valence-corrected chi connectivity index (χ0v) is 9.11. The molecule has 0 aliphatic carbocycles. The van der Waals surface area contributed by atoms with Crippen LogP contribution in [-0.4, -0.2) is 26.5 Å². The molecule has 0 fully saturated rings. The summed E-state index contributed by atoms with van der Waals surface area (Å²) < 4.78 is 22.4. The van der Waals surface area contributed by atoms with Gasteiger partial charge in [0.25, 0.3) is 0 Å². The fourth-order valence-corrected chi connectivity index (χ4v) is 2.66. The van der Waals surface area contributed by atoms with Crippen LogP contribution in [-0.2, 0) is 14.9 Å². The van der Waals surface area contributed by atoms with Crippen LogP contribution in [0.1, 0.15) is 39.0 Å². The van der Waals surface area contributed by atoms with Crippen LogP contribution in [0.5, 0.6) is 0 Å². The van der Waals surface area contributed by atoms with Crippen LogP contribution in [0.25, 0.3) is 0 Å². The van der Waals surface area contributed by atoms with E-state index in [4.69, 9.17) is 0 Å². The van der Waals surface area contributed by atoms with Crippen LogP contribution in [0.15, 0.2) is 0 Å². The van der Waals surface area contributed by atoms with E-state index in [1.807, 2.05) is 6.92 Å². The third-order valence-electron chi connectivity index (χ3n) is 1.86. The molecule has 0 aliphatic rings. The van der Waals surface area contributed by atoms with Crippen molar-refractivity contribution < 1.29 is 13.5 Å². The fourth-order valence-electron chi connectivity index (χ4n) is 1.19. The maximum Gasteiger partial charge on any atom is 0.150 e. The van der Waals surface area contributed by atoms with E-state index in [1.165, 1.54) is 0 Å². The zero-order valence-electron chi connectivity index (χ0n) is 8.29. The van der Waals surface area contributed by atoms with Crippen LogP contribution < -0.4 is 0 Å². The van der Waals surface area contributed by atoms with Crippen LogP contribution in [0.2, 0.25) is 0 Å². The summed E-state index contributed by atoms with van der Waals surface area (Å²) in [7, 11) is -2.80. The van der Waals surface area contributed by atoms with Gasteiger partial charge in [-0.1, -0.05) is 19.8 Å². The molecule has 0 saturated heterocycles. The molecule has 0 aliphatic heterocycles. The highest BCUT2D eigenvalue weighted by Gasteiger charge is 2.07. The minimum atomic E-state index is -2.80. The molecule has 0 aromatic heterocycles. The molecule has 13 heavy (non-hydrogen) atoms. The topological polar surface area (TPSA) is 54.0 Å². The average molecular weight is 207 g/mol. The highest BCUT2D eigenvalue weighted by atomic mass is 32.2. The molecule has 0 saturated carbocycles. The minimum Gasteiger partial charge on any atom is -0.237 e. The summed E-state index contributed by atoms with van der Waals surface area (Å²) >= 11 is 0. The van der Waals surface area contributed by atoms with E-state index in [0.29, 0.717) is 30.8 Å². The maximum absolute atomic E-state index is 11.2. The Labute approximate surface area is 81.1 Å². The Balaban J connectivity index is 3.41. The van der Waals surface area contributed by atoms with Crippen molar-refractivity contribution in [2.75, 3.05) is 18.1 Å². The summed E-state index contributed by atoms with van der Waals surface area (Å²) in [6, 6.07) is 0. The van der Waals surface area contributed by atoms with Gasteiger partial charge in [-0.3, -0.25) is 0 Å². The molecule has 3 nitrogen and oxygen atoms in total. The Morgan fingerprint density at radius 2 is 1.54 bits per heavy atom. The first-order valence-corrected chi connectivity index (χ1v) is 6.73. The van der Waals surface area contributed by atoms with Crippen LogP contribution in [0.3, 0.4) is 0 Å². The highest BCUT2D eigenvalue weighted by molar-refractivity contribution is 7.91. The fraction of sp³-hybridized carbons (Fsp3) is 1.00.